The number of imidazole rings is 1. The molecule has 0 aliphatic rings. The average molecular weight is 227 g/mol. The first-order valence-electron chi connectivity index (χ1n) is 4.99. The van der Waals surface area contributed by atoms with Gasteiger partial charge >= 0.3 is 0 Å². The van der Waals surface area contributed by atoms with Gasteiger partial charge in [0.2, 0.25) is 0 Å². The maximum atomic E-state index is 11.5. The Labute approximate surface area is 94.0 Å². The maximum absolute atomic E-state index is 11.5. The van der Waals surface area contributed by atoms with Crippen LogP contribution in [0.5, 0.6) is 0 Å². The molecule has 1 amide bonds. The lowest BCUT2D eigenvalue weighted by Gasteiger charge is -2.26. The summed E-state index contributed by atoms with van der Waals surface area (Å²) in [6.45, 7) is 2.48. The van der Waals surface area contributed by atoms with E-state index < -0.39 is 5.41 Å². The van der Waals surface area contributed by atoms with Gasteiger partial charge in [-0.1, -0.05) is 6.92 Å². The van der Waals surface area contributed by atoms with Crippen LogP contribution in [0.2, 0.25) is 0 Å². The zero-order valence-corrected chi connectivity index (χ0v) is 9.49. The van der Waals surface area contributed by atoms with E-state index in [1.54, 1.807) is 13.3 Å². The van der Waals surface area contributed by atoms with Crippen molar-refractivity contribution in [2.24, 2.45) is 5.41 Å². The number of nitrogens with zero attached hydrogens (tertiary/aromatic N) is 1. The molecule has 1 rings (SSSR count). The molecule has 0 aliphatic heterocycles. The van der Waals surface area contributed by atoms with E-state index >= 15 is 0 Å². The number of carbonyl (C=O) groups excluding carboxylic acids is 1. The lowest BCUT2D eigenvalue weighted by Crippen LogP contribution is -2.41. The second-order valence-corrected chi connectivity index (χ2v) is 4.02. The quantitative estimate of drug-likeness (QED) is 0.627. The van der Waals surface area contributed by atoms with Crippen LogP contribution in [-0.2, 0) is 4.74 Å². The van der Waals surface area contributed by atoms with E-state index in [4.69, 9.17) is 4.74 Å². The van der Waals surface area contributed by atoms with Crippen molar-refractivity contribution < 1.29 is 14.6 Å². The van der Waals surface area contributed by atoms with Gasteiger partial charge in [0.15, 0.2) is 5.82 Å². The highest BCUT2D eigenvalue weighted by Gasteiger charge is 2.24. The van der Waals surface area contributed by atoms with Crippen molar-refractivity contribution in [1.29, 1.82) is 0 Å². The minimum absolute atomic E-state index is 0.0563. The van der Waals surface area contributed by atoms with Crippen molar-refractivity contribution in [3.63, 3.8) is 0 Å². The van der Waals surface area contributed by atoms with Crippen molar-refractivity contribution >= 4 is 5.91 Å². The second kappa shape index (κ2) is 5.62. The summed E-state index contributed by atoms with van der Waals surface area (Å²) in [6, 6.07) is 0. The predicted octanol–water partition coefficient (Wildman–Crippen LogP) is -0.216. The fourth-order valence-electron chi connectivity index (χ4n) is 1.27. The Morgan fingerprint density at radius 3 is 3.00 bits per heavy atom. The maximum Gasteiger partial charge on any atom is 0.287 e. The van der Waals surface area contributed by atoms with Crippen LogP contribution in [-0.4, -0.2) is 47.8 Å². The minimum Gasteiger partial charge on any atom is -0.396 e. The number of ether oxygens (including phenoxy) is 1. The van der Waals surface area contributed by atoms with Gasteiger partial charge in [-0.15, -0.1) is 0 Å². The highest BCUT2D eigenvalue weighted by atomic mass is 16.5. The van der Waals surface area contributed by atoms with Crippen molar-refractivity contribution in [3.05, 3.63) is 18.2 Å². The lowest BCUT2D eigenvalue weighted by molar-refractivity contribution is 0.0413. The number of aliphatic hydroxyl groups is 1. The Kier molecular flexibility index (Phi) is 4.45. The average Bonchev–Trinajstić information content (AvgIpc) is 2.80. The number of rotatable bonds is 6. The van der Waals surface area contributed by atoms with Crippen molar-refractivity contribution in [2.45, 2.75) is 6.92 Å². The van der Waals surface area contributed by atoms with Gasteiger partial charge in [-0.25, -0.2) is 4.98 Å². The summed E-state index contributed by atoms with van der Waals surface area (Å²) in [4.78, 5) is 18.1. The van der Waals surface area contributed by atoms with E-state index in [1.807, 2.05) is 6.92 Å². The molecule has 16 heavy (non-hydrogen) atoms. The normalized spacial score (nSPS) is 14.4. The molecule has 0 fully saturated rings. The Morgan fingerprint density at radius 2 is 2.50 bits per heavy atom. The molecular formula is C10H17N3O3. The number of nitrogens with one attached hydrogen (secondary N) is 2. The first-order chi connectivity index (χ1) is 7.61. The van der Waals surface area contributed by atoms with E-state index in [2.05, 4.69) is 15.3 Å². The first kappa shape index (κ1) is 12.7. The largest absolute Gasteiger partial charge is 0.396 e. The van der Waals surface area contributed by atoms with E-state index in [9.17, 15) is 9.90 Å². The smallest absolute Gasteiger partial charge is 0.287 e. The van der Waals surface area contributed by atoms with Gasteiger partial charge < -0.3 is 20.1 Å². The molecule has 3 N–H and O–H groups in total. The van der Waals surface area contributed by atoms with Crippen LogP contribution in [0.15, 0.2) is 12.4 Å². The second-order valence-electron chi connectivity index (χ2n) is 4.02. The monoisotopic (exact) mass is 227 g/mol. The number of amides is 1. The molecule has 0 aromatic carbocycles. The summed E-state index contributed by atoms with van der Waals surface area (Å²) in [6.07, 6.45) is 3.09. The zero-order valence-electron chi connectivity index (χ0n) is 9.49. The molecule has 1 aromatic rings. The van der Waals surface area contributed by atoms with Crippen LogP contribution in [0, 0.1) is 5.41 Å². The van der Waals surface area contributed by atoms with Gasteiger partial charge in [-0.2, -0.15) is 0 Å². The third-order valence-electron chi connectivity index (χ3n) is 2.26. The number of hydrogen-bond acceptors (Lipinski definition) is 4. The van der Waals surface area contributed by atoms with E-state index in [-0.39, 0.29) is 18.3 Å². The van der Waals surface area contributed by atoms with Gasteiger partial charge in [0.1, 0.15) is 0 Å². The topological polar surface area (TPSA) is 87.2 Å². The molecule has 0 aliphatic carbocycles. The van der Waals surface area contributed by atoms with E-state index in [0.29, 0.717) is 13.2 Å². The van der Waals surface area contributed by atoms with Gasteiger partial charge in [0, 0.05) is 31.5 Å². The fourth-order valence-corrected chi connectivity index (χ4v) is 1.27. The number of carbonyl (C=O) groups is 1. The molecule has 0 saturated carbocycles. The number of methoxy groups -OCH3 is 1. The summed E-state index contributed by atoms with van der Waals surface area (Å²) in [5.74, 6) is -0.0292. The summed E-state index contributed by atoms with van der Waals surface area (Å²) in [5.41, 5.74) is -0.475. The van der Waals surface area contributed by atoms with E-state index in [1.165, 1.54) is 6.20 Å². The summed E-state index contributed by atoms with van der Waals surface area (Å²) in [7, 11) is 1.56. The Hall–Kier alpha value is -1.40. The summed E-state index contributed by atoms with van der Waals surface area (Å²) >= 11 is 0. The standard InChI is InChI=1S/C10H17N3O3/c1-10(6-14,7-16-2)5-13-9(15)8-11-3-4-12-8/h3-4,14H,5-7H2,1-2H3,(H,11,12)(H,13,15). The molecule has 1 atom stereocenters. The number of H-pyrrole nitrogens is 1. The summed E-state index contributed by atoms with van der Waals surface area (Å²) < 4.78 is 4.99. The van der Waals surface area contributed by atoms with Crippen LogP contribution in [0.25, 0.3) is 0 Å². The molecule has 0 radical (unpaired) electrons. The predicted molar refractivity (Wildman–Crippen MR) is 58.0 cm³/mol. The van der Waals surface area contributed by atoms with Crippen molar-refractivity contribution in [1.82, 2.24) is 15.3 Å². The van der Waals surface area contributed by atoms with Crippen molar-refractivity contribution in [3.8, 4) is 0 Å². The molecule has 0 bridgehead atoms. The Balaban J connectivity index is 2.47. The molecule has 0 saturated heterocycles. The van der Waals surface area contributed by atoms with Gasteiger partial charge in [-0.3, -0.25) is 4.79 Å². The third kappa shape index (κ3) is 3.32. The third-order valence-corrected chi connectivity index (χ3v) is 2.26. The van der Waals surface area contributed by atoms with Crippen LogP contribution < -0.4 is 5.32 Å². The molecular weight excluding hydrogens is 210 g/mol. The Bertz CT molecular complexity index is 326. The van der Waals surface area contributed by atoms with Crippen LogP contribution in [0.4, 0.5) is 0 Å². The Morgan fingerprint density at radius 1 is 1.75 bits per heavy atom. The molecule has 1 unspecified atom stereocenters. The minimum atomic E-state index is -0.475. The molecule has 90 valence electrons. The van der Waals surface area contributed by atoms with Crippen LogP contribution in [0.3, 0.4) is 0 Å². The molecule has 0 spiro atoms. The highest BCUT2D eigenvalue weighted by molar-refractivity contribution is 5.90. The fraction of sp³-hybridized carbons (Fsp3) is 0.600. The first-order valence-corrected chi connectivity index (χ1v) is 4.99. The number of aromatic nitrogens is 2. The number of hydrogen-bond donors (Lipinski definition) is 3. The highest BCUT2D eigenvalue weighted by Crippen LogP contribution is 2.13. The van der Waals surface area contributed by atoms with Gasteiger partial charge in [0.25, 0.3) is 5.91 Å². The van der Waals surface area contributed by atoms with Crippen LogP contribution in [0.1, 0.15) is 17.5 Å². The molecule has 1 aromatic heterocycles. The van der Waals surface area contributed by atoms with E-state index in [0.717, 1.165) is 0 Å². The lowest BCUT2D eigenvalue weighted by atomic mass is 9.93. The SMILES string of the molecule is COCC(C)(CO)CNC(=O)c1ncc[nH]1. The number of aromatic amines is 1. The van der Waals surface area contributed by atoms with Gasteiger partial charge in [0.05, 0.1) is 13.2 Å². The number of aliphatic hydroxyl groups excluding tert-OH is 1. The zero-order chi connectivity index (χ0) is 12.0. The molecule has 6 heteroatoms. The molecule has 6 nitrogen and oxygen atoms in total. The van der Waals surface area contributed by atoms with Crippen LogP contribution >= 0.6 is 0 Å². The summed E-state index contributed by atoms with van der Waals surface area (Å²) in [5, 5.41) is 11.9. The van der Waals surface area contributed by atoms with Crippen molar-refractivity contribution in [2.75, 3.05) is 26.9 Å². The van der Waals surface area contributed by atoms with Gasteiger partial charge in [-0.05, 0) is 0 Å². The molecule has 1 heterocycles.